The van der Waals surface area contributed by atoms with E-state index in [4.69, 9.17) is 4.74 Å². The Morgan fingerprint density at radius 3 is 2.67 bits per heavy atom. The molecule has 8 heteroatoms. The summed E-state index contributed by atoms with van der Waals surface area (Å²) in [4.78, 5) is 2.02. The number of alkyl halides is 1. The highest BCUT2D eigenvalue weighted by molar-refractivity contribution is 5.91. The summed E-state index contributed by atoms with van der Waals surface area (Å²) in [6.07, 6.45) is 0. The Kier molecular flexibility index (Phi) is 5.85. The van der Waals surface area contributed by atoms with Crippen LogP contribution < -0.4 is 10.1 Å². The summed E-state index contributed by atoms with van der Waals surface area (Å²) < 4.78 is 19.5. The van der Waals surface area contributed by atoms with E-state index in [1.54, 1.807) is 6.07 Å². The van der Waals surface area contributed by atoms with Crippen LogP contribution in [0, 0.1) is 0 Å². The molecule has 2 N–H and O–H groups in total. The van der Waals surface area contributed by atoms with Crippen LogP contribution in [0.2, 0.25) is 0 Å². The van der Waals surface area contributed by atoms with Gasteiger partial charge in [0.15, 0.2) is 11.6 Å². The molecule has 0 saturated carbocycles. The van der Waals surface area contributed by atoms with E-state index >= 15 is 0 Å². The van der Waals surface area contributed by atoms with Crippen molar-refractivity contribution in [3.63, 3.8) is 0 Å². The third-order valence-corrected chi connectivity index (χ3v) is 4.71. The van der Waals surface area contributed by atoms with Crippen LogP contribution in [-0.4, -0.2) is 52.5 Å². The van der Waals surface area contributed by atoms with Crippen LogP contribution in [-0.2, 0) is 6.67 Å². The number of nitrogens with zero attached hydrogens (tertiary/aromatic N) is 4. The molecule has 0 unspecified atom stereocenters. The van der Waals surface area contributed by atoms with Gasteiger partial charge in [0.25, 0.3) is 0 Å². The van der Waals surface area contributed by atoms with Crippen molar-refractivity contribution in [3.05, 3.63) is 60.2 Å². The monoisotopic (exact) mass is 406 g/mol. The van der Waals surface area contributed by atoms with E-state index in [1.807, 2.05) is 67.5 Å². The highest BCUT2D eigenvalue weighted by Gasteiger charge is 2.15. The fourth-order valence-corrected chi connectivity index (χ4v) is 3.15. The number of halogens is 1. The second-order valence-electron chi connectivity index (χ2n) is 7.13. The molecule has 2 aromatic heterocycles. The maximum absolute atomic E-state index is 13.6. The fourth-order valence-electron chi connectivity index (χ4n) is 3.15. The van der Waals surface area contributed by atoms with Gasteiger partial charge in [-0.3, -0.25) is 5.10 Å². The number of aromatic nitrogens is 4. The molecule has 0 aliphatic rings. The van der Waals surface area contributed by atoms with Gasteiger partial charge < -0.3 is 15.0 Å². The molecular weight excluding hydrogens is 383 g/mol. The van der Waals surface area contributed by atoms with Crippen molar-refractivity contribution >= 4 is 22.5 Å². The van der Waals surface area contributed by atoms with Crippen molar-refractivity contribution in [1.29, 1.82) is 0 Å². The standard InChI is InChI=1S/C22H23FN6O/c1-29(2)11-12-30-22-18(16-8-4-3-7-15(16)14-23)13-20(26-28-22)24-21-17-9-5-6-10-19(17)25-27-21/h3-10,13H,11-12,14H2,1-2H3,(H2,24,25,26,27). The summed E-state index contributed by atoms with van der Waals surface area (Å²) in [6, 6.07) is 16.9. The molecule has 7 nitrogen and oxygen atoms in total. The molecule has 0 aliphatic carbocycles. The van der Waals surface area contributed by atoms with Crippen molar-refractivity contribution < 1.29 is 9.13 Å². The molecule has 4 aromatic rings. The predicted molar refractivity (Wildman–Crippen MR) is 116 cm³/mol. The molecule has 0 atom stereocenters. The van der Waals surface area contributed by atoms with Crippen LogP contribution in [0.15, 0.2) is 54.6 Å². The zero-order valence-corrected chi connectivity index (χ0v) is 16.9. The van der Waals surface area contributed by atoms with Crippen molar-refractivity contribution in [2.24, 2.45) is 0 Å². The normalized spacial score (nSPS) is 11.2. The molecule has 0 bridgehead atoms. The van der Waals surface area contributed by atoms with Crippen LogP contribution in [0.25, 0.3) is 22.0 Å². The lowest BCUT2D eigenvalue weighted by Crippen LogP contribution is -2.20. The number of fused-ring (bicyclic) bond motifs is 1. The van der Waals surface area contributed by atoms with E-state index in [2.05, 4.69) is 25.7 Å². The van der Waals surface area contributed by atoms with E-state index in [0.29, 0.717) is 35.2 Å². The first-order chi connectivity index (χ1) is 14.7. The zero-order valence-electron chi connectivity index (χ0n) is 16.9. The highest BCUT2D eigenvalue weighted by Crippen LogP contribution is 2.33. The predicted octanol–water partition coefficient (Wildman–Crippen LogP) is 4.17. The Morgan fingerprint density at radius 2 is 1.83 bits per heavy atom. The fraction of sp³-hybridized carbons (Fsp3) is 0.227. The lowest BCUT2D eigenvalue weighted by Gasteiger charge is -2.15. The quantitative estimate of drug-likeness (QED) is 0.457. The maximum atomic E-state index is 13.6. The number of hydrogen-bond acceptors (Lipinski definition) is 6. The van der Waals surface area contributed by atoms with Gasteiger partial charge in [-0.15, -0.1) is 10.2 Å². The van der Waals surface area contributed by atoms with Crippen molar-refractivity contribution in [2.45, 2.75) is 6.67 Å². The molecule has 0 spiro atoms. The van der Waals surface area contributed by atoms with Crippen LogP contribution in [0.3, 0.4) is 0 Å². The van der Waals surface area contributed by atoms with Crippen LogP contribution >= 0.6 is 0 Å². The summed E-state index contributed by atoms with van der Waals surface area (Å²) in [5.41, 5.74) is 2.89. The number of rotatable bonds is 8. The number of ether oxygens (including phenoxy) is 1. The van der Waals surface area contributed by atoms with E-state index in [0.717, 1.165) is 23.0 Å². The van der Waals surface area contributed by atoms with Crippen molar-refractivity contribution in [2.75, 3.05) is 32.6 Å². The number of anilines is 2. The van der Waals surface area contributed by atoms with E-state index in [1.165, 1.54) is 0 Å². The Labute approximate surface area is 173 Å². The van der Waals surface area contributed by atoms with Gasteiger partial charge in [-0.1, -0.05) is 36.4 Å². The zero-order chi connectivity index (χ0) is 20.9. The molecule has 0 saturated heterocycles. The molecule has 0 radical (unpaired) electrons. The summed E-state index contributed by atoms with van der Waals surface area (Å²) in [5, 5.41) is 20.0. The lowest BCUT2D eigenvalue weighted by atomic mass is 10.0. The number of nitrogens with one attached hydrogen (secondary N) is 2. The average Bonchev–Trinajstić information content (AvgIpc) is 3.17. The first-order valence-electron chi connectivity index (χ1n) is 9.65. The van der Waals surface area contributed by atoms with Crippen LogP contribution in [0.5, 0.6) is 5.88 Å². The molecule has 0 aliphatic heterocycles. The number of likely N-dealkylation sites (N-methyl/N-ethyl adjacent to an activating group) is 1. The lowest BCUT2D eigenvalue weighted by molar-refractivity contribution is 0.252. The van der Waals surface area contributed by atoms with Gasteiger partial charge in [-0.2, -0.15) is 5.10 Å². The van der Waals surface area contributed by atoms with Gasteiger partial charge in [-0.05, 0) is 43.4 Å². The summed E-state index contributed by atoms with van der Waals surface area (Å²) in [5.74, 6) is 1.51. The number of benzene rings is 2. The molecule has 2 aromatic carbocycles. The first-order valence-corrected chi connectivity index (χ1v) is 9.65. The summed E-state index contributed by atoms with van der Waals surface area (Å²) >= 11 is 0. The van der Waals surface area contributed by atoms with Gasteiger partial charge in [0, 0.05) is 17.5 Å². The molecule has 4 rings (SSSR count). The molecule has 0 fully saturated rings. The van der Waals surface area contributed by atoms with Gasteiger partial charge in [0.2, 0.25) is 5.88 Å². The Hall–Kier alpha value is -3.52. The molecule has 30 heavy (non-hydrogen) atoms. The van der Waals surface area contributed by atoms with Crippen LogP contribution in [0.1, 0.15) is 5.56 Å². The SMILES string of the molecule is CN(C)CCOc1nnc(Nc2n[nH]c3ccccc23)cc1-c1ccccc1CF. The van der Waals surface area contributed by atoms with Gasteiger partial charge >= 0.3 is 0 Å². The third-order valence-electron chi connectivity index (χ3n) is 4.71. The summed E-state index contributed by atoms with van der Waals surface area (Å²) in [7, 11) is 3.94. The van der Waals surface area contributed by atoms with Crippen LogP contribution in [0.4, 0.5) is 16.0 Å². The van der Waals surface area contributed by atoms with Crippen molar-refractivity contribution in [3.8, 4) is 17.0 Å². The molecule has 154 valence electrons. The molecule has 2 heterocycles. The number of H-pyrrole nitrogens is 1. The number of para-hydroxylation sites is 1. The Morgan fingerprint density at radius 1 is 1.03 bits per heavy atom. The van der Waals surface area contributed by atoms with Crippen molar-refractivity contribution in [1.82, 2.24) is 25.3 Å². The second kappa shape index (κ2) is 8.87. The smallest absolute Gasteiger partial charge is 0.241 e. The number of aromatic amines is 1. The minimum absolute atomic E-state index is 0.371. The molecular formula is C22H23FN6O. The second-order valence-corrected chi connectivity index (χ2v) is 7.13. The van der Waals surface area contributed by atoms with E-state index < -0.39 is 6.67 Å². The first kappa shape index (κ1) is 19.8. The van der Waals surface area contributed by atoms with E-state index in [9.17, 15) is 4.39 Å². The highest BCUT2D eigenvalue weighted by atomic mass is 19.1. The topological polar surface area (TPSA) is 79.0 Å². The van der Waals surface area contributed by atoms with Gasteiger partial charge in [0.05, 0.1) is 5.52 Å². The molecule has 0 amide bonds. The van der Waals surface area contributed by atoms with Gasteiger partial charge in [-0.25, -0.2) is 4.39 Å². The minimum Gasteiger partial charge on any atom is -0.475 e. The summed E-state index contributed by atoms with van der Waals surface area (Å²) in [6.45, 7) is 0.594. The van der Waals surface area contributed by atoms with Gasteiger partial charge in [0.1, 0.15) is 13.3 Å². The third kappa shape index (κ3) is 4.23. The average molecular weight is 406 g/mol. The van der Waals surface area contributed by atoms with E-state index in [-0.39, 0.29) is 0 Å². The maximum Gasteiger partial charge on any atom is 0.241 e. The Bertz CT molecular complexity index is 1140. The minimum atomic E-state index is -0.581. The largest absolute Gasteiger partial charge is 0.475 e. The Balaban J connectivity index is 1.70. The number of hydrogen-bond donors (Lipinski definition) is 2.